The van der Waals surface area contributed by atoms with E-state index in [1.807, 2.05) is 12.4 Å². The molecule has 0 radical (unpaired) electrons. The lowest BCUT2D eigenvalue weighted by atomic mass is 10.3. The zero-order valence-electron chi connectivity index (χ0n) is 4.39. The van der Waals surface area contributed by atoms with Gasteiger partial charge in [0.15, 0.2) is 0 Å². The first kappa shape index (κ1) is 4.09. The van der Waals surface area contributed by atoms with Crippen molar-refractivity contribution < 1.29 is 0 Å². The van der Waals surface area contributed by atoms with Gasteiger partial charge in [0.2, 0.25) is 0 Å². The minimum absolute atomic E-state index is 0.384. The molecule has 3 nitrogen and oxygen atoms in total. The molecule has 0 aromatic carbocycles. The maximum absolute atomic E-state index is 3.96. The molecule has 0 aromatic rings. The van der Waals surface area contributed by atoms with Crippen LogP contribution in [0.1, 0.15) is 0 Å². The van der Waals surface area contributed by atoms with Gasteiger partial charge in [-0.15, -0.1) is 0 Å². The molecule has 1 atom stereocenters. The molecule has 1 fully saturated rings. The molecule has 42 valence electrons. The van der Waals surface area contributed by atoms with Crippen molar-refractivity contribution in [2.24, 2.45) is 4.99 Å². The van der Waals surface area contributed by atoms with Crippen LogP contribution in [0.3, 0.4) is 0 Å². The molecule has 0 bridgehead atoms. The van der Waals surface area contributed by atoms with Gasteiger partial charge in [-0.2, -0.15) is 0 Å². The van der Waals surface area contributed by atoms with Crippen molar-refractivity contribution >= 4 is 6.21 Å². The summed E-state index contributed by atoms with van der Waals surface area (Å²) >= 11 is 0. The first-order chi connectivity index (χ1) is 3.97. The summed E-state index contributed by atoms with van der Waals surface area (Å²) in [6, 6.07) is 0.384. The van der Waals surface area contributed by atoms with Crippen LogP contribution in [0, 0.1) is 0 Å². The molecule has 3 heteroatoms. The number of rotatable bonds is 0. The molecule has 2 N–H and O–H groups in total. The highest BCUT2D eigenvalue weighted by atomic mass is 15.2. The van der Waals surface area contributed by atoms with E-state index in [0.29, 0.717) is 6.04 Å². The van der Waals surface area contributed by atoms with Crippen molar-refractivity contribution in [3.8, 4) is 0 Å². The Morgan fingerprint density at radius 2 is 2.75 bits per heavy atom. The predicted octanol–water partition coefficient (Wildman–Crippen LogP) is -0.569. The van der Waals surface area contributed by atoms with Crippen LogP contribution in [0.4, 0.5) is 0 Å². The van der Waals surface area contributed by atoms with Gasteiger partial charge in [0.25, 0.3) is 0 Å². The zero-order valence-corrected chi connectivity index (χ0v) is 4.39. The summed E-state index contributed by atoms with van der Waals surface area (Å²) in [5, 5.41) is 6.33. The number of hydrogen-bond donors (Lipinski definition) is 2. The first-order valence-electron chi connectivity index (χ1n) is 2.67. The van der Waals surface area contributed by atoms with Gasteiger partial charge < -0.3 is 5.32 Å². The molecular weight excluding hydrogens is 102 g/mol. The highest BCUT2D eigenvalue weighted by Gasteiger charge is 2.19. The van der Waals surface area contributed by atoms with E-state index in [1.165, 1.54) is 5.70 Å². The summed E-state index contributed by atoms with van der Waals surface area (Å²) in [6.07, 6.45) is 3.75. The van der Waals surface area contributed by atoms with Gasteiger partial charge >= 0.3 is 0 Å². The largest absolute Gasteiger partial charge is 0.373 e. The molecule has 8 heavy (non-hydrogen) atoms. The van der Waals surface area contributed by atoms with Crippen LogP contribution in [-0.4, -0.2) is 18.9 Å². The van der Waals surface area contributed by atoms with E-state index in [2.05, 4.69) is 15.6 Å². The van der Waals surface area contributed by atoms with Gasteiger partial charge in [-0.1, -0.05) is 0 Å². The molecule has 2 aliphatic rings. The topological polar surface area (TPSA) is 36.4 Å². The first-order valence-corrected chi connectivity index (χ1v) is 2.67. The number of nitrogens with one attached hydrogen (secondary N) is 2. The Bertz CT molecular complexity index is 159. The van der Waals surface area contributed by atoms with Crippen LogP contribution in [0.25, 0.3) is 0 Å². The Balaban J connectivity index is 2.29. The second kappa shape index (κ2) is 1.32. The Morgan fingerprint density at radius 1 is 1.75 bits per heavy atom. The van der Waals surface area contributed by atoms with Crippen molar-refractivity contribution in [2.75, 3.05) is 6.67 Å². The molecular formula is C5H7N3. The van der Waals surface area contributed by atoms with E-state index in [0.717, 1.165) is 6.67 Å². The Hall–Kier alpha value is -0.830. The van der Waals surface area contributed by atoms with E-state index >= 15 is 0 Å². The van der Waals surface area contributed by atoms with Crippen molar-refractivity contribution in [3.63, 3.8) is 0 Å². The SMILES string of the molecule is C1=NC=C2NCNC12. The minimum Gasteiger partial charge on any atom is -0.373 e. The summed E-state index contributed by atoms with van der Waals surface area (Å²) < 4.78 is 0. The fraction of sp³-hybridized carbons (Fsp3) is 0.400. The number of fused-ring (bicyclic) bond motifs is 1. The van der Waals surface area contributed by atoms with Gasteiger partial charge in [-0.25, -0.2) is 0 Å². The third-order valence-electron chi connectivity index (χ3n) is 1.40. The molecule has 0 aliphatic carbocycles. The monoisotopic (exact) mass is 109 g/mol. The van der Waals surface area contributed by atoms with E-state index in [1.54, 1.807) is 0 Å². The molecule has 1 saturated heterocycles. The van der Waals surface area contributed by atoms with E-state index < -0.39 is 0 Å². The second-order valence-electron chi connectivity index (χ2n) is 1.92. The normalized spacial score (nSPS) is 32.0. The highest BCUT2D eigenvalue weighted by molar-refractivity contribution is 5.73. The van der Waals surface area contributed by atoms with Crippen molar-refractivity contribution in [2.45, 2.75) is 6.04 Å². The van der Waals surface area contributed by atoms with Gasteiger partial charge in [0.05, 0.1) is 18.4 Å². The fourth-order valence-electron chi connectivity index (χ4n) is 0.951. The molecule has 0 amide bonds. The smallest absolute Gasteiger partial charge is 0.0858 e. The Morgan fingerprint density at radius 3 is 3.62 bits per heavy atom. The molecule has 2 heterocycles. The van der Waals surface area contributed by atoms with Crippen molar-refractivity contribution in [3.05, 3.63) is 11.9 Å². The van der Waals surface area contributed by atoms with Crippen molar-refractivity contribution in [1.82, 2.24) is 10.6 Å². The summed E-state index contributed by atoms with van der Waals surface area (Å²) in [5.41, 5.74) is 1.20. The fourth-order valence-corrected chi connectivity index (χ4v) is 0.951. The lowest BCUT2D eigenvalue weighted by Gasteiger charge is -1.94. The molecule has 0 aromatic heterocycles. The molecule has 1 unspecified atom stereocenters. The summed E-state index contributed by atoms with van der Waals surface area (Å²) in [6.45, 7) is 0.878. The molecule has 2 aliphatic heterocycles. The molecule has 0 spiro atoms. The summed E-state index contributed by atoms with van der Waals surface area (Å²) in [4.78, 5) is 3.96. The minimum atomic E-state index is 0.384. The molecule has 2 rings (SSSR count). The van der Waals surface area contributed by atoms with Gasteiger partial charge in [-0.3, -0.25) is 10.3 Å². The average molecular weight is 109 g/mol. The number of nitrogens with zero attached hydrogens (tertiary/aromatic N) is 1. The van der Waals surface area contributed by atoms with Gasteiger partial charge in [-0.05, 0) is 0 Å². The van der Waals surface area contributed by atoms with E-state index in [-0.39, 0.29) is 0 Å². The summed E-state index contributed by atoms with van der Waals surface area (Å²) in [7, 11) is 0. The third kappa shape index (κ3) is 0.391. The number of aliphatic imine (C=N–C) groups is 1. The summed E-state index contributed by atoms with van der Waals surface area (Å²) in [5.74, 6) is 0. The van der Waals surface area contributed by atoms with Crippen LogP contribution in [0.15, 0.2) is 16.9 Å². The second-order valence-corrected chi connectivity index (χ2v) is 1.92. The number of hydrogen-bond acceptors (Lipinski definition) is 3. The Labute approximate surface area is 47.5 Å². The maximum Gasteiger partial charge on any atom is 0.0858 e. The van der Waals surface area contributed by atoms with Crippen molar-refractivity contribution in [1.29, 1.82) is 0 Å². The lowest BCUT2D eigenvalue weighted by molar-refractivity contribution is 0.783. The van der Waals surface area contributed by atoms with E-state index in [9.17, 15) is 0 Å². The highest BCUT2D eigenvalue weighted by Crippen LogP contribution is 2.06. The molecule has 0 saturated carbocycles. The van der Waals surface area contributed by atoms with Crippen LogP contribution in [0.2, 0.25) is 0 Å². The maximum atomic E-state index is 3.96. The zero-order chi connectivity index (χ0) is 5.40. The van der Waals surface area contributed by atoms with Crippen LogP contribution in [-0.2, 0) is 0 Å². The van der Waals surface area contributed by atoms with Crippen LogP contribution < -0.4 is 10.6 Å². The standard InChI is InChI=1S/C5H7N3/c1-4-5(2-6-1)8-3-7-4/h1-2,4,7-8H,3H2. The average Bonchev–Trinajstić information content (AvgIpc) is 2.15. The lowest BCUT2D eigenvalue weighted by Crippen LogP contribution is -2.21. The van der Waals surface area contributed by atoms with Gasteiger partial charge in [0, 0.05) is 12.4 Å². The van der Waals surface area contributed by atoms with Gasteiger partial charge in [0.1, 0.15) is 0 Å². The predicted molar refractivity (Wildman–Crippen MR) is 31.5 cm³/mol. The third-order valence-corrected chi connectivity index (χ3v) is 1.40. The van der Waals surface area contributed by atoms with Crippen LogP contribution >= 0.6 is 0 Å². The quantitative estimate of drug-likeness (QED) is 0.437. The van der Waals surface area contributed by atoms with Crippen LogP contribution in [0.5, 0.6) is 0 Å². The van der Waals surface area contributed by atoms with E-state index in [4.69, 9.17) is 0 Å². The Kier molecular flexibility index (Phi) is 0.676.